The van der Waals surface area contributed by atoms with E-state index in [1.54, 1.807) is 14.1 Å². The van der Waals surface area contributed by atoms with Crippen molar-refractivity contribution in [2.45, 2.75) is 44.9 Å². The van der Waals surface area contributed by atoms with Crippen LogP contribution in [0, 0.1) is 11.8 Å². The lowest BCUT2D eigenvalue weighted by molar-refractivity contribution is -0.153. The van der Waals surface area contributed by atoms with E-state index in [0.717, 1.165) is 11.3 Å². The van der Waals surface area contributed by atoms with Gasteiger partial charge in [-0.25, -0.2) is 0 Å². The molecule has 0 aliphatic heterocycles. The van der Waals surface area contributed by atoms with Gasteiger partial charge in [-0.1, -0.05) is 11.6 Å². The number of nitrogens with zero attached hydrogens (tertiary/aromatic N) is 3. The molecule has 1 amide bonds. The predicted molar refractivity (Wildman–Crippen MR) is 154 cm³/mol. The minimum Gasteiger partial charge on any atom is -0.508 e. The number of aromatic hydroxyl groups is 1. The van der Waals surface area contributed by atoms with Crippen LogP contribution in [0.25, 0.3) is 5.76 Å². The number of anilines is 1. The summed E-state index contributed by atoms with van der Waals surface area (Å²) in [6.07, 6.45) is 2.29. The van der Waals surface area contributed by atoms with Gasteiger partial charge in [0.2, 0.25) is 5.78 Å². The molecule has 0 heterocycles. The van der Waals surface area contributed by atoms with Crippen molar-refractivity contribution < 1.29 is 34.8 Å². The molecule has 3 aliphatic rings. The van der Waals surface area contributed by atoms with Gasteiger partial charge in [-0.2, -0.15) is 0 Å². The van der Waals surface area contributed by atoms with Crippen molar-refractivity contribution >= 4 is 28.9 Å². The summed E-state index contributed by atoms with van der Waals surface area (Å²) in [5, 5.41) is 45.9. The van der Waals surface area contributed by atoms with Crippen molar-refractivity contribution in [2.75, 3.05) is 46.7 Å². The van der Waals surface area contributed by atoms with E-state index in [0.29, 0.717) is 24.2 Å². The highest BCUT2D eigenvalue weighted by molar-refractivity contribution is 6.24. The lowest BCUT2D eigenvalue weighted by Gasteiger charge is -2.50. The topological polar surface area (TPSA) is 168 Å². The molecule has 11 nitrogen and oxygen atoms in total. The molecule has 1 aromatic carbocycles. The fourth-order valence-electron chi connectivity index (χ4n) is 6.73. The van der Waals surface area contributed by atoms with Gasteiger partial charge in [0.15, 0.2) is 11.4 Å². The molecule has 11 heteroatoms. The summed E-state index contributed by atoms with van der Waals surface area (Å²) < 4.78 is 0. The number of rotatable bonds is 7. The molecule has 0 saturated heterocycles. The van der Waals surface area contributed by atoms with Crippen LogP contribution in [-0.4, -0.2) is 101 Å². The van der Waals surface area contributed by atoms with Crippen molar-refractivity contribution in [3.63, 3.8) is 0 Å². The van der Waals surface area contributed by atoms with Crippen LogP contribution in [0.15, 0.2) is 34.6 Å². The second-order valence-corrected chi connectivity index (χ2v) is 11.9. The molecule has 6 N–H and O–H groups in total. The number of hydrogen-bond donors (Lipinski definition) is 5. The van der Waals surface area contributed by atoms with Crippen LogP contribution in [0.2, 0.25) is 0 Å². The molecule has 1 saturated carbocycles. The maximum Gasteiger partial charge on any atom is 0.255 e. The van der Waals surface area contributed by atoms with E-state index in [1.807, 2.05) is 56.9 Å². The molecule has 4 atom stereocenters. The summed E-state index contributed by atoms with van der Waals surface area (Å²) >= 11 is 0. The molecule has 0 bridgehead atoms. The zero-order valence-electron chi connectivity index (χ0n) is 24.6. The number of benzene rings is 1. The molecule has 0 aromatic heterocycles. The summed E-state index contributed by atoms with van der Waals surface area (Å²) in [6, 6.07) is 0.753. The molecule has 0 radical (unpaired) electrons. The quantitative estimate of drug-likeness (QED) is 0.240. The van der Waals surface area contributed by atoms with Gasteiger partial charge in [0, 0.05) is 49.9 Å². The number of likely N-dealkylation sites (N-methyl/N-ethyl adjacent to an activating group) is 2. The maximum absolute atomic E-state index is 14.1. The van der Waals surface area contributed by atoms with E-state index >= 15 is 0 Å². The highest BCUT2D eigenvalue weighted by Crippen LogP contribution is 2.54. The smallest absolute Gasteiger partial charge is 0.255 e. The highest BCUT2D eigenvalue weighted by atomic mass is 16.3. The summed E-state index contributed by atoms with van der Waals surface area (Å²) in [5.41, 5.74) is 4.92. The van der Waals surface area contributed by atoms with Crippen LogP contribution < -0.4 is 10.6 Å². The number of phenols is 1. The number of phenolic OH excluding ortho intramolecular Hbond substituents is 1. The lowest BCUT2D eigenvalue weighted by Crippen LogP contribution is -2.65. The first-order valence-corrected chi connectivity index (χ1v) is 13.6. The van der Waals surface area contributed by atoms with Gasteiger partial charge in [-0.3, -0.25) is 24.2 Å². The molecular weight excluding hydrogens is 528 g/mol. The van der Waals surface area contributed by atoms with Crippen molar-refractivity contribution in [2.24, 2.45) is 17.6 Å². The van der Waals surface area contributed by atoms with E-state index in [9.17, 15) is 34.8 Å². The summed E-state index contributed by atoms with van der Waals surface area (Å²) in [7, 11) is 8.76. The number of ketones is 2. The number of carbonyl (C=O) groups is 3. The van der Waals surface area contributed by atoms with Crippen molar-refractivity contribution in [3.05, 3.63) is 51.3 Å². The van der Waals surface area contributed by atoms with E-state index in [1.165, 1.54) is 4.90 Å². The molecule has 0 spiro atoms. The fraction of sp³-hybridized carbons (Fsp3) is 0.500. The highest BCUT2D eigenvalue weighted by Gasteiger charge is 2.64. The van der Waals surface area contributed by atoms with Crippen LogP contribution in [0.1, 0.15) is 37.0 Å². The first-order valence-electron chi connectivity index (χ1n) is 13.6. The Labute approximate surface area is 239 Å². The van der Waals surface area contributed by atoms with E-state index in [2.05, 4.69) is 0 Å². The van der Waals surface area contributed by atoms with E-state index in [-0.39, 0.29) is 29.7 Å². The lowest BCUT2D eigenvalue weighted by atomic mass is 9.57. The second kappa shape index (κ2) is 10.6. The van der Waals surface area contributed by atoms with E-state index in [4.69, 9.17) is 5.73 Å². The van der Waals surface area contributed by atoms with Gasteiger partial charge in [0.05, 0.1) is 11.6 Å². The van der Waals surface area contributed by atoms with Gasteiger partial charge in [-0.15, -0.1) is 0 Å². The Kier molecular flexibility index (Phi) is 7.85. The minimum atomic E-state index is -2.66. The molecular formula is C30H40N4O7. The van der Waals surface area contributed by atoms with Gasteiger partial charge in [0.25, 0.3) is 5.91 Å². The van der Waals surface area contributed by atoms with Crippen molar-refractivity contribution in [1.82, 2.24) is 9.80 Å². The predicted octanol–water partition coefficient (Wildman–Crippen LogP) is 1.43. The Hall–Kier alpha value is -3.67. The third-order valence-corrected chi connectivity index (χ3v) is 8.71. The van der Waals surface area contributed by atoms with Crippen molar-refractivity contribution in [1.29, 1.82) is 0 Å². The summed E-state index contributed by atoms with van der Waals surface area (Å²) in [4.78, 5) is 44.9. The number of primary amides is 1. The number of amides is 1. The zero-order chi connectivity index (χ0) is 30.7. The largest absolute Gasteiger partial charge is 0.508 e. The Morgan fingerprint density at radius 1 is 1.15 bits per heavy atom. The van der Waals surface area contributed by atoms with Gasteiger partial charge in [0.1, 0.15) is 22.8 Å². The first kappa shape index (κ1) is 30.3. The fourth-order valence-corrected chi connectivity index (χ4v) is 6.73. The number of Topliss-reactive ketones (excluding diaryl/α,β-unsaturated/α-hetero) is 2. The summed E-state index contributed by atoms with van der Waals surface area (Å²) in [5.74, 6) is -6.55. The van der Waals surface area contributed by atoms with Gasteiger partial charge in [-0.05, 0) is 65.4 Å². The molecule has 3 aliphatic carbocycles. The number of nitrogens with two attached hydrogens (primary N) is 1. The standard InChI is InChI=1S/C30H40N4O7/c1-8-14(2)12-34(7)13-16-11-19(32(3)4)17-9-15-10-18-23(33(5)6)26(37)22(29(31)40)28(39)30(18,41)27(38)20(15)25(36)21(17)24(16)35/h8,11,15,18,23,35-36,39,41H,9-10,12-13H2,1-7H3,(H2,31,40)/b14-8-/t15?,18?,23-,30-/m0/s1. The Morgan fingerprint density at radius 2 is 1.78 bits per heavy atom. The zero-order valence-corrected chi connectivity index (χ0v) is 24.6. The first-order chi connectivity index (χ1) is 19.1. The average Bonchev–Trinajstić information content (AvgIpc) is 2.87. The van der Waals surface area contributed by atoms with Crippen LogP contribution in [-0.2, 0) is 27.3 Å². The number of fused-ring (bicyclic) bond motifs is 3. The monoisotopic (exact) mass is 568 g/mol. The molecule has 1 aromatic rings. The maximum atomic E-state index is 14.1. The van der Waals surface area contributed by atoms with Crippen LogP contribution in [0.4, 0.5) is 5.69 Å². The summed E-state index contributed by atoms with van der Waals surface area (Å²) in [6.45, 7) is 4.97. The molecule has 222 valence electrons. The SMILES string of the molecule is C/C=C(/C)CN(C)Cc1cc(N(C)C)c2c(c1O)C(O)=C1C(=O)[C@]3(O)C(O)=C(C(N)=O)C(=O)[C@@H](N(C)C)C3CC1C2. The van der Waals surface area contributed by atoms with Crippen molar-refractivity contribution in [3.8, 4) is 5.75 Å². The number of hydrogen-bond acceptors (Lipinski definition) is 10. The molecule has 41 heavy (non-hydrogen) atoms. The third-order valence-electron chi connectivity index (χ3n) is 8.71. The van der Waals surface area contributed by atoms with Gasteiger partial charge >= 0.3 is 0 Å². The Bertz CT molecular complexity index is 1420. The average molecular weight is 569 g/mol. The number of carbonyl (C=O) groups excluding carboxylic acids is 3. The normalized spacial score (nSPS) is 26.4. The Morgan fingerprint density at radius 3 is 2.32 bits per heavy atom. The van der Waals surface area contributed by atoms with Gasteiger partial charge < -0.3 is 31.1 Å². The third kappa shape index (κ3) is 4.61. The molecule has 1 fully saturated rings. The number of aliphatic hydroxyl groups excluding tert-OH is 2. The van der Waals surface area contributed by atoms with Crippen LogP contribution in [0.5, 0.6) is 5.75 Å². The second-order valence-electron chi connectivity index (χ2n) is 11.9. The van der Waals surface area contributed by atoms with Crippen LogP contribution in [0.3, 0.4) is 0 Å². The number of allylic oxidation sites excluding steroid dienone is 1. The Balaban J connectivity index is 1.93. The minimum absolute atomic E-state index is 0.0481. The van der Waals surface area contributed by atoms with E-state index < -0.39 is 58.0 Å². The molecule has 4 rings (SSSR count). The number of aliphatic hydroxyl groups is 3. The van der Waals surface area contributed by atoms with Crippen LogP contribution >= 0.6 is 0 Å². The molecule has 2 unspecified atom stereocenters.